The van der Waals surface area contributed by atoms with E-state index in [1.807, 2.05) is 32.2 Å². The lowest BCUT2D eigenvalue weighted by atomic mass is 10.1. The van der Waals surface area contributed by atoms with E-state index >= 15 is 0 Å². The van der Waals surface area contributed by atoms with Gasteiger partial charge in [0.25, 0.3) is 0 Å². The van der Waals surface area contributed by atoms with Gasteiger partial charge in [0.1, 0.15) is 0 Å². The Labute approximate surface area is 105 Å². The van der Waals surface area contributed by atoms with Crippen molar-refractivity contribution in [3.8, 4) is 0 Å². The maximum atomic E-state index is 7.40. The highest BCUT2D eigenvalue weighted by Crippen LogP contribution is 2.27. The summed E-state index contributed by atoms with van der Waals surface area (Å²) < 4.78 is 1.19. The molecule has 1 heterocycles. The number of nitrogens with zero attached hydrogens (tertiary/aromatic N) is 2. The molecule has 2 rings (SSSR count). The molecular weight excluding hydrogens is 232 g/mol. The molecule has 2 aromatic rings. The molecule has 0 saturated heterocycles. The van der Waals surface area contributed by atoms with Crippen molar-refractivity contribution >= 4 is 32.5 Å². The SMILES string of the molecule is CC(CN(C)c1nc2ccccc2s1)C(=N)N. The molecule has 5 heteroatoms. The largest absolute Gasteiger partial charge is 0.387 e. The number of nitrogens with two attached hydrogens (primary N) is 1. The van der Waals surface area contributed by atoms with Gasteiger partial charge in [-0.3, -0.25) is 5.41 Å². The smallest absolute Gasteiger partial charge is 0.186 e. The number of anilines is 1. The lowest BCUT2D eigenvalue weighted by molar-refractivity contribution is 0.728. The van der Waals surface area contributed by atoms with Gasteiger partial charge in [0.05, 0.1) is 16.1 Å². The highest BCUT2D eigenvalue weighted by Gasteiger charge is 2.12. The van der Waals surface area contributed by atoms with E-state index in [-0.39, 0.29) is 11.8 Å². The van der Waals surface area contributed by atoms with Crippen LogP contribution in [0.1, 0.15) is 6.92 Å². The molecular formula is C12H16N4S. The molecule has 1 aromatic heterocycles. The van der Waals surface area contributed by atoms with Gasteiger partial charge in [-0.15, -0.1) is 0 Å². The highest BCUT2D eigenvalue weighted by atomic mass is 32.1. The molecule has 1 aromatic carbocycles. The third kappa shape index (κ3) is 2.55. The molecule has 0 amide bonds. The molecule has 1 unspecified atom stereocenters. The number of rotatable bonds is 4. The van der Waals surface area contributed by atoms with Crippen LogP contribution < -0.4 is 10.6 Å². The highest BCUT2D eigenvalue weighted by molar-refractivity contribution is 7.22. The van der Waals surface area contributed by atoms with Crippen molar-refractivity contribution in [1.82, 2.24) is 4.98 Å². The average Bonchev–Trinajstić information content (AvgIpc) is 2.72. The average molecular weight is 248 g/mol. The van der Waals surface area contributed by atoms with Gasteiger partial charge in [0.15, 0.2) is 5.13 Å². The third-order valence-corrected chi connectivity index (χ3v) is 3.84. The molecule has 0 aliphatic carbocycles. The number of fused-ring (bicyclic) bond motifs is 1. The molecule has 0 radical (unpaired) electrons. The summed E-state index contributed by atoms with van der Waals surface area (Å²) in [6, 6.07) is 8.09. The zero-order valence-electron chi connectivity index (χ0n) is 9.97. The Hall–Kier alpha value is -1.62. The van der Waals surface area contributed by atoms with Crippen LogP contribution in [0.2, 0.25) is 0 Å². The van der Waals surface area contributed by atoms with Gasteiger partial charge in [0.2, 0.25) is 0 Å². The first-order chi connectivity index (χ1) is 8.08. The van der Waals surface area contributed by atoms with E-state index in [1.54, 1.807) is 11.3 Å². The Bertz CT molecular complexity index is 501. The van der Waals surface area contributed by atoms with E-state index < -0.39 is 0 Å². The van der Waals surface area contributed by atoms with Gasteiger partial charge in [-0.2, -0.15) is 0 Å². The van der Waals surface area contributed by atoms with Crippen molar-refractivity contribution in [3.63, 3.8) is 0 Å². The van der Waals surface area contributed by atoms with Gasteiger partial charge in [-0.1, -0.05) is 30.4 Å². The Morgan fingerprint density at radius 1 is 1.53 bits per heavy atom. The maximum absolute atomic E-state index is 7.40. The molecule has 3 N–H and O–H groups in total. The summed E-state index contributed by atoms with van der Waals surface area (Å²) in [5.41, 5.74) is 6.50. The van der Waals surface area contributed by atoms with Gasteiger partial charge in [-0.05, 0) is 12.1 Å². The van der Waals surface area contributed by atoms with Crippen LogP contribution in [0.4, 0.5) is 5.13 Å². The zero-order valence-corrected chi connectivity index (χ0v) is 10.8. The van der Waals surface area contributed by atoms with Crippen LogP contribution in [0.5, 0.6) is 0 Å². The minimum absolute atomic E-state index is 0.0482. The van der Waals surface area contributed by atoms with Crippen LogP contribution in [-0.4, -0.2) is 24.4 Å². The minimum atomic E-state index is 0.0482. The summed E-state index contributed by atoms with van der Waals surface area (Å²) >= 11 is 1.66. The van der Waals surface area contributed by atoms with Gasteiger partial charge >= 0.3 is 0 Å². The second-order valence-corrected chi connectivity index (χ2v) is 5.21. The molecule has 1 atom stereocenters. The zero-order chi connectivity index (χ0) is 12.4. The number of benzene rings is 1. The van der Waals surface area contributed by atoms with Crippen LogP contribution >= 0.6 is 11.3 Å². The third-order valence-electron chi connectivity index (χ3n) is 2.69. The Balaban J connectivity index is 2.19. The summed E-state index contributed by atoms with van der Waals surface area (Å²) in [5.74, 6) is 0.268. The Morgan fingerprint density at radius 3 is 2.88 bits per heavy atom. The van der Waals surface area contributed by atoms with Crippen molar-refractivity contribution < 1.29 is 0 Å². The molecule has 0 aliphatic heterocycles. The molecule has 0 fully saturated rings. The fraction of sp³-hybridized carbons (Fsp3) is 0.333. The molecule has 17 heavy (non-hydrogen) atoms. The molecule has 0 saturated carbocycles. The topological polar surface area (TPSA) is 66.0 Å². The van der Waals surface area contributed by atoms with E-state index in [9.17, 15) is 0 Å². The Morgan fingerprint density at radius 2 is 2.24 bits per heavy atom. The number of nitrogens with one attached hydrogen (secondary N) is 1. The standard InChI is InChI=1S/C12H16N4S/c1-8(11(13)14)7-16(2)12-15-9-5-3-4-6-10(9)17-12/h3-6,8H,7H2,1-2H3,(H3,13,14). The predicted octanol–water partition coefficient (Wildman–Crippen LogP) is 2.30. The van der Waals surface area contributed by atoms with Crippen molar-refractivity contribution in [1.29, 1.82) is 5.41 Å². The van der Waals surface area contributed by atoms with E-state index in [0.717, 1.165) is 17.2 Å². The Kier molecular flexibility index (Phi) is 3.28. The van der Waals surface area contributed by atoms with Crippen molar-refractivity contribution in [2.24, 2.45) is 11.7 Å². The fourth-order valence-corrected chi connectivity index (χ4v) is 2.55. The molecule has 0 aliphatic rings. The second-order valence-electron chi connectivity index (χ2n) is 4.20. The van der Waals surface area contributed by atoms with E-state index in [0.29, 0.717) is 0 Å². The first-order valence-electron chi connectivity index (χ1n) is 5.48. The van der Waals surface area contributed by atoms with E-state index in [2.05, 4.69) is 16.0 Å². The van der Waals surface area contributed by atoms with Crippen LogP contribution in [0.3, 0.4) is 0 Å². The van der Waals surface area contributed by atoms with E-state index in [4.69, 9.17) is 11.1 Å². The second kappa shape index (κ2) is 4.71. The molecule has 0 bridgehead atoms. The normalized spacial score (nSPS) is 12.6. The van der Waals surface area contributed by atoms with Crippen LogP contribution in [0, 0.1) is 11.3 Å². The summed E-state index contributed by atoms with van der Waals surface area (Å²) in [6.07, 6.45) is 0. The van der Waals surface area contributed by atoms with E-state index in [1.165, 1.54) is 4.70 Å². The van der Waals surface area contributed by atoms with Crippen LogP contribution in [0.15, 0.2) is 24.3 Å². The summed E-state index contributed by atoms with van der Waals surface area (Å²) in [7, 11) is 1.98. The number of hydrogen-bond acceptors (Lipinski definition) is 4. The van der Waals surface area contributed by atoms with Gasteiger partial charge in [0, 0.05) is 19.5 Å². The minimum Gasteiger partial charge on any atom is -0.387 e. The lowest BCUT2D eigenvalue weighted by Gasteiger charge is -2.19. The monoisotopic (exact) mass is 248 g/mol. The predicted molar refractivity (Wildman–Crippen MR) is 74.0 cm³/mol. The van der Waals surface area contributed by atoms with Crippen molar-refractivity contribution in [3.05, 3.63) is 24.3 Å². The lowest BCUT2D eigenvalue weighted by Crippen LogP contribution is -2.31. The molecule has 4 nitrogen and oxygen atoms in total. The first-order valence-corrected chi connectivity index (χ1v) is 6.30. The van der Waals surface area contributed by atoms with Crippen molar-refractivity contribution in [2.45, 2.75) is 6.92 Å². The number of para-hydroxylation sites is 1. The van der Waals surface area contributed by atoms with Gasteiger partial charge < -0.3 is 10.6 Å². The molecule has 90 valence electrons. The number of aromatic nitrogens is 1. The number of thiazole rings is 1. The maximum Gasteiger partial charge on any atom is 0.186 e. The van der Waals surface area contributed by atoms with Crippen LogP contribution in [0.25, 0.3) is 10.2 Å². The molecule has 0 spiro atoms. The van der Waals surface area contributed by atoms with Gasteiger partial charge in [-0.25, -0.2) is 4.98 Å². The summed E-state index contributed by atoms with van der Waals surface area (Å²) in [5, 5.41) is 8.37. The summed E-state index contributed by atoms with van der Waals surface area (Å²) in [4.78, 5) is 6.61. The van der Waals surface area contributed by atoms with Crippen molar-refractivity contribution in [2.75, 3.05) is 18.5 Å². The number of hydrogen-bond donors (Lipinski definition) is 2. The fourth-order valence-electron chi connectivity index (χ4n) is 1.61. The summed E-state index contributed by atoms with van der Waals surface area (Å²) in [6.45, 7) is 2.67. The number of amidine groups is 1. The van der Waals surface area contributed by atoms with Crippen LogP contribution in [-0.2, 0) is 0 Å². The first kappa shape index (κ1) is 11.9. The quantitative estimate of drug-likeness (QED) is 0.644.